The molecule has 3 heterocycles. The summed E-state index contributed by atoms with van der Waals surface area (Å²) in [6.07, 6.45) is 6.35. The number of carbonyl (C=O) groups excluding carboxylic acids is 2. The minimum absolute atomic E-state index is 0.0162. The summed E-state index contributed by atoms with van der Waals surface area (Å²) in [5, 5.41) is 3.63. The van der Waals surface area contributed by atoms with E-state index < -0.39 is 10.0 Å². The summed E-state index contributed by atoms with van der Waals surface area (Å²) in [5.41, 5.74) is 2.05. The van der Waals surface area contributed by atoms with Gasteiger partial charge in [0.15, 0.2) is 0 Å². The van der Waals surface area contributed by atoms with E-state index >= 15 is 0 Å². The van der Waals surface area contributed by atoms with Gasteiger partial charge in [-0.25, -0.2) is 8.42 Å². The van der Waals surface area contributed by atoms with Crippen molar-refractivity contribution >= 4 is 38.2 Å². The summed E-state index contributed by atoms with van der Waals surface area (Å²) in [4.78, 5) is 32.9. The molecule has 1 aromatic carbocycles. The first-order valence-corrected chi connectivity index (χ1v) is 17.1. The number of carbonyl (C=O) groups is 2. The van der Waals surface area contributed by atoms with Gasteiger partial charge in [-0.15, -0.1) is 11.3 Å². The lowest BCUT2D eigenvalue weighted by molar-refractivity contribution is 0.0755. The van der Waals surface area contributed by atoms with E-state index in [1.165, 1.54) is 23.5 Å². The van der Waals surface area contributed by atoms with Gasteiger partial charge in [0.05, 0.1) is 10.5 Å². The van der Waals surface area contributed by atoms with Crippen molar-refractivity contribution in [3.8, 4) is 0 Å². The number of rotatable bonds is 11. The third-order valence-electron chi connectivity index (χ3n) is 7.86. The number of anilines is 1. The maximum absolute atomic E-state index is 13.8. The van der Waals surface area contributed by atoms with Gasteiger partial charge in [-0.3, -0.25) is 14.5 Å². The smallest absolute Gasteiger partial charge is 0.257 e. The fourth-order valence-electron chi connectivity index (χ4n) is 5.81. The third kappa shape index (κ3) is 6.61. The molecule has 0 aliphatic carbocycles. The molecular formula is C30H44N4O4S2. The van der Waals surface area contributed by atoms with Crippen molar-refractivity contribution in [3.63, 3.8) is 0 Å². The Balaban J connectivity index is 1.60. The fourth-order valence-corrected chi connectivity index (χ4v) is 8.79. The van der Waals surface area contributed by atoms with Gasteiger partial charge >= 0.3 is 0 Å². The first-order valence-electron chi connectivity index (χ1n) is 14.8. The van der Waals surface area contributed by atoms with Crippen molar-refractivity contribution < 1.29 is 18.0 Å². The molecule has 8 nitrogen and oxygen atoms in total. The molecule has 10 heteroatoms. The number of amides is 2. The molecule has 0 bridgehead atoms. The standard InChI is InChI=1S/C30H44N4O4S2/c1-5-16-32-20-15-25-26(21-32)39-29(27(25)30(36)33(17-6-2)18-7-3)31-28(35)23-11-13-24(14-12-23)40(37,38)34-19-9-8-10-22(34)4/h11-14,22H,5-10,15-21H2,1-4H3,(H,31,35). The molecule has 1 unspecified atom stereocenters. The Morgan fingerprint density at radius 3 is 2.35 bits per heavy atom. The Labute approximate surface area is 243 Å². The highest BCUT2D eigenvalue weighted by atomic mass is 32.2. The van der Waals surface area contributed by atoms with E-state index in [-0.39, 0.29) is 22.8 Å². The molecule has 0 saturated carbocycles. The van der Waals surface area contributed by atoms with Gasteiger partial charge in [0.25, 0.3) is 11.8 Å². The monoisotopic (exact) mass is 588 g/mol. The molecule has 220 valence electrons. The van der Waals surface area contributed by atoms with Crippen LogP contribution in [0.25, 0.3) is 0 Å². The number of fused-ring (bicyclic) bond motifs is 1. The second-order valence-electron chi connectivity index (χ2n) is 11.0. The van der Waals surface area contributed by atoms with Crippen molar-refractivity contribution in [2.45, 2.75) is 90.1 Å². The second kappa shape index (κ2) is 13.6. The molecule has 40 heavy (non-hydrogen) atoms. The van der Waals surface area contributed by atoms with Crippen LogP contribution in [-0.4, -0.2) is 73.1 Å². The zero-order valence-electron chi connectivity index (χ0n) is 24.4. The zero-order valence-corrected chi connectivity index (χ0v) is 26.0. The molecule has 2 aliphatic rings. The summed E-state index contributed by atoms with van der Waals surface area (Å²) in [6.45, 7) is 12.8. The minimum Gasteiger partial charge on any atom is -0.339 e. The number of sulfonamides is 1. The van der Waals surface area contributed by atoms with Crippen LogP contribution in [0.4, 0.5) is 5.00 Å². The number of benzene rings is 1. The van der Waals surface area contributed by atoms with E-state index in [0.29, 0.717) is 35.8 Å². The number of piperidine rings is 1. The number of nitrogens with one attached hydrogen (secondary N) is 1. The molecule has 0 spiro atoms. The van der Waals surface area contributed by atoms with Crippen LogP contribution < -0.4 is 5.32 Å². The molecule has 1 fully saturated rings. The van der Waals surface area contributed by atoms with Crippen molar-refractivity contribution in [3.05, 3.63) is 45.8 Å². The van der Waals surface area contributed by atoms with Gasteiger partial charge in [-0.2, -0.15) is 4.31 Å². The lowest BCUT2D eigenvalue weighted by Crippen LogP contribution is -2.41. The van der Waals surface area contributed by atoms with Crippen LogP contribution in [0.15, 0.2) is 29.2 Å². The van der Waals surface area contributed by atoms with Gasteiger partial charge in [-0.05, 0) is 81.8 Å². The molecule has 2 aromatic rings. The van der Waals surface area contributed by atoms with Gasteiger partial charge in [-0.1, -0.05) is 27.2 Å². The van der Waals surface area contributed by atoms with Crippen LogP contribution in [0.3, 0.4) is 0 Å². The van der Waals surface area contributed by atoms with E-state index in [4.69, 9.17) is 0 Å². The lowest BCUT2D eigenvalue weighted by Gasteiger charge is -2.32. The summed E-state index contributed by atoms with van der Waals surface area (Å²) in [5.74, 6) is -0.358. The topological polar surface area (TPSA) is 90.0 Å². The Bertz CT molecular complexity index is 1280. The van der Waals surface area contributed by atoms with E-state index in [2.05, 4.69) is 31.0 Å². The predicted molar refractivity (Wildman–Crippen MR) is 162 cm³/mol. The van der Waals surface area contributed by atoms with Gasteiger partial charge in [0, 0.05) is 49.2 Å². The Morgan fingerprint density at radius 2 is 1.73 bits per heavy atom. The number of hydrogen-bond donors (Lipinski definition) is 1. The summed E-state index contributed by atoms with van der Waals surface area (Å²) >= 11 is 1.50. The van der Waals surface area contributed by atoms with Crippen molar-refractivity contribution in [1.29, 1.82) is 0 Å². The zero-order chi connectivity index (χ0) is 28.9. The van der Waals surface area contributed by atoms with Gasteiger partial charge < -0.3 is 10.2 Å². The number of thiophene rings is 1. The first kappa shape index (κ1) is 30.7. The largest absolute Gasteiger partial charge is 0.339 e. The Morgan fingerprint density at radius 1 is 1.02 bits per heavy atom. The van der Waals surface area contributed by atoms with Crippen molar-refractivity contribution in [1.82, 2.24) is 14.1 Å². The van der Waals surface area contributed by atoms with Crippen LogP contribution in [0.2, 0.25) is 0 Å². The maximum atomic E-state index is 13.8. The highest BCUT2D eigenvalue weighted by Crippen LogP contribution is 2.38. The van der Waals surface area contributed by atoms with Crippen molar-refractivity contribution in [2.75, 3.05) is 38.0 Å². The van der Waals surface area contributed by atoms with Crippen LogP contribution in [0.1, 0.15) is 97.4 Å². The summed E-state index contributed by atoms with van der Waals surface area (Å²) in [7, 11) is -3.61. The van der Waals surface area contributed by atoms with Gasteiger partial charge in [0.2, 0.25) is 10.0 Å². The predicted octanol–water partition coefficient (Wildman–Crippen LogP) is 5.59. The first-order chi connectivity index (χ1) is 19.2. The molecule has 1 saturated heterocycles. The van der Waals surface area contributed by atoms with E-state index in [1.54, 1.807) is 16.4 Å². The van der Waals surface area contributed by atoms with E-state index in [1.807, 2.05) is 11.8 Å². The average molecular weight is 589 g/mol. The SMILES string of the molecule is CCCN1CCc2c(sc(NC(=O)c3ccc(S(=O)(=O)N4CCCCC4C)cc3)c2C(=O)N(CCC)CCC)C1. The van der Waals surface area contributed by atoms with Crippen molar-refractivity contribution in [2.24, 2.45) is 0 Å². The minimum atomic E-state index is -3.61. The van der Waals surface area contributed by atoms with Crippen LogP contribution >= 0.6 is 11.3 Å². The number of nitrogens with zero attached hydrogens (tertiary/aromatic N) is 3. The molecule has 2 aliphatic heterocycles. The van der Waals surface area contributed by atoms with Crippen LogP contribution in [-0.2, 0) is 23.0 Å². The third-order valence-corrected chi connectivity index (χ3v) is 11.0. The molecule has 1 aromatic heterocycles. The summed E-state index contributed by atoms with van der Waals surface area (Å²) in [6, 6.07) is 6.13. The molecule has 1 atom stereocenters. The molecule has 0 radical (unpaired) electrons. The van der Waals surface area contributed by atoms with Crippen LogP contribution in [0.5, 0.6) is 0 Å². The Hall–Kier alpha value is -2.27. The molecular weight excluding hydrogens is 544 g/mol. The maximum Gasteiger partial charge on any atom is 0.257 e. The quantitative estimate of drug-likeness (QED) is 0.369. The van der Waals surface area contributed by atoms with E-state index in [0.717, 1.165) is 75.0 Å². The fraction of sp³-hybridized carbons (Fsp3) is 0.600. The Kier molecular flexibility index (Phi) is 10.4. The van der Waals surface area contributed by atoms with Crippen LogP contribution in [0, 0.1) is 0 Å². The highest BCUT2D eigenvalue weighted by molar-refractivity contribution is 7.89. The molecule has 4 rings (SSSR count). The van der Waals surface area contributed by atoms with Gasteiger partial charge in [0.1, 0.15) is 5.00 Å². The second-order valence-corrected chi connectivity index (χ2v) is 14.0. The number of hydrogen-bond acceptors (Lipinski definition) is 6. The summed E-state index contributed by atoms with van der Waals surface area (Å²) < 4.78 is 28.0. The lowest BCUT2D eigenvalue weighted by atomic mass is 10.0. The molecule has 2 amide bonds. The molecule has 1 N–H and O–H groups in total. The highest BCUT2D eigenvalue weighted by Gasteiger charge is 2.32. The average Bonchev–Trinajstić information content (AvgIpc) is 3.29. The van der Waals surface area contributed by atoms with E-state index in [9.17, 15) is 18.0 Å². The normalized spacial score (nSPS) is 18.4.